The molecule has 0 saturated carbocycles. The highest BCUT2D eigenvalue weighted by atomic mass is 32.2. The molecule has 0 spiro atoms. The van der Waals surface area contributed by atoms with Gasteiger partial charge in [-0.3, -0.25) is 9.59 Å². The average Bonchev–Trinajstić information content (AvgIpc) is 2.70. The van der Waals surface area contributed by atoms with Crippen molar-refractivity contribution in [3.63, 3.8) is 0 Å². The third-order valence-electron chi connectivity index (χ3n) is 4.63. The van der Waals surface area contributed by atoms with Crippen LogP contribution in [0.25, 0.3) is 0 Å². The van der Waals surface area contributed by atoms with E-state index in [1.54, 1.807) is 4.90 Å². The molecule has 0 atom stereocenters. The minimum absolute atomic E-state index is 0.000149. The Morgan fingerprint density at radius 2 is 1.72 bits per heavy atom. The molecule has 0 aliphatic carbocycles. The highest BCUT2D eigenvalue weighted by molar-refractivity contribution is 7.89. The van der Waals surface area contributed by atoms with Gasteiger partial charge in [0.1, 0.15) is 0 Å². The van der Waals surface area contributed by atoms with E-state index in [2.05, 4.69) is 0 Å². The second-order valence-corrected chi connectivity index (χ2v) is 8.51. The van der Waals surface area contributed by atoms with E-state index in [9.17, 15) is 26.8 Å². The van der Waals surface area contributed by atoms with E-state index in [1.165, 1.54) is 42.6 Å². The number of amides is 2. The molecule has 29 heavy (non-hydrogen) atoms. The van der Waals surface area contributed by atoms with Gasteiger partial charge in [-0.25, -0.2) is 17.2 Å². The maximum Gasteiger partial charge on any atom is 0.255 e. The van der Waals surface area contributed by atoms with Gasteiger partial charge < -0.3 is 14.5 Å². The lowest BCUT2D eigenvalue weighted by Crippen LogP contribution is -2.49. The van der Waals surface area contributed by atoms with Gasteiger partial charge >= 0.3 is 0 Å². The van der Waals surface area contributed by atoms with E-state index in [0.29, 0.717) is 13.1 Å². The van der Waals surface area contributed by atoms with Gasteiger partial charge in [-0.15, -0.1) is 0 Å². The Hall–Kier alpha value is -2.11. The summed E-state index contributed by atoms with van der Waals surface area (Å²) in [6.07, 6.45) is -2.69. The molecule has 1 heterocycles. The number of halogens is 2. The summed E-state index contributed by atoms with van der Waals surface area (Å²) in [5.74, 6) is -0.729. The van der Waals surface area contributed by atoms with Crippen molar-refractivity contribution < 1.29 is 31.5 Å². The van der Waals surface area contributed by atoms with Gasteiger partial charge in [0.15, 0.2) is 0 Å². The Balaban J connectivity index is 2.11. The third kappa shape index (κ3) is 5.94. The summed E-state index contributed by atoms with van der Waals surface area (Å²) in [5, 5.41) is 0. The number of rotatable bonds is 8. The number of carbonyl (C=O) groups is 2. The standard InChI is InChI=1S/C18H25F2N3O5S/c1-14(24)21-7-9-23(10-8-21)29(26,27)16-5-3-15(4-6-16)18(25)22(11-12-28-2)13-17(19)20/h3-6,17H,7-13H2,1-2H3. The molecule has 2 amide bonds. The number of methoxy groups -OCH3 is 1. The fourth-order valence-corrected chi connectivity index (χ4v) is 4.41. The van der Waals surface area contributed by atoms with Gasteiger partial charge in [0, 0.05) is 52.3 Å². The zero-order valence-electron chi connectivity index (χ0n) is 16.4. The Labute approximate surface area is 169 Å². The van der Waals surface area contributed by atoms with Crippen LogP contribution in [-0.2, 0) is 19.6 Å². The zero-order valence-corrected chi connectivity index (χ0v) is 17.2. The van der Waals surface area contributed by atoms with E-state index in [1.807, 2.05) is 0 Å². The number of benzene rings is 1. The molecular formula is C18H25F2N3O5S. The van der Waals surface area contributed by atoms with E-state index < -0.39 is 28.9 Å². The van der Waals surface area contributed by atoms with Gasteiger partial charge in [0.25, 0.3) is 12.3 Å². The predicted octanol–water partition coefficient (Wildman–Crippen LogP) is 0.893. The molecule has 1 fully saturated rings. The Kier molecular flexibility index (Phi) is 8.05. The third-order valence-corrected chi connectivity index (χ3v) is 6.55. The van der Waals surface area contributed by atoms with Crippen LogP contribution in [0, 0.1) is 0 Å². The lowest BCUT2D eigenvalue weighted by atomic mass is 10.2. The first-order valence-electron chi connectivity index (χ1n) is 9.09. The van der Waals surface area contributed by atoms with Gasteiger partial charge in [0.05, 0.1) is 18.0 Å². The van der Waals surface area contributed by atoms with Crippen LogP contribution < -0.4 is 0 Å². The normalized spacial score (nSPS) is 15.6. The van der Waals surface area contributed by atoms with E-state index in [-0.39, 0.29) is 42.6 Å². The molecule has 11 heteroatoms. The van der Waals surface area contributed by atoms with Crippen LogP contribution in [0.15, 0.2) is 29.2 Å². The number of carbonyl (C=O) groups excluding carboxylic acids is 2. The van der Waals surface area contributed by atoms with Gasteiger partial charge in [-0.05, 0) is 24.3 Å². The van der Waals surface area contributed by atoms with Crippen molar-refractivity contribution in [1.29, 1.82) is 0 Å². The van der Waals surface area contributed by atoms with Crippen LogP contribution in [0.2, 0.25) is 0 Å². The first-order chi connectivity index (χ1) is 13.7. The number of piperazine rings is 1. The Morgan fingerprint density at radius 3 is 2.21 bits per heavy atom. The van der Waals surface area contributed by atoms with Crippen LogP contribution in [0.5, 0.6) is 0 Å². The number of sulfonamides is 1. The number of hydrogen-bond donors (Lipinski definition) is 0. The maximum absolute atomic E-state index is 12.8. The van der Waals surface area contributed by atoms with Crippen molar-refractivity contribution in [3.8, 4) is 0 Å². The quantitative estimate of drug-likeness (QED) is 0.608. The fourth-order valence-electron chi connectivity index (χ4n) is 2.99. The van der Waals surface area contributed by atoms with Crippen LogP contribution in [-0.4, -0.2) is 93.7 Å². The maximum atomic E-state index is 12.8. The predicted molar refractivity (Wildman–Crippen MR) is 101 cm³/mol. The Morgan fingerprint density at radius 1 is 1.14 bits per heavy atom. The molecule has 0 radical (unpaired) electrons. The highest BCUT2D eigenvalue weighted by Crippen LogP contribution is 2.19. The highest BCUT2D eigenvalue weighted by Gasteiger charge is 2.29. The van der Waals surface area contributed by atoms with Crippen molar-refractivity contribution >= 4 is 21.8 Å². The molecule has 0 N–H and O–H groups in total. The second-order valence-electron chi connectivity index (χ2n) is 6.57. The second kappa shape index (κ2) is 10.1. The lowest BCUT2D eigenvalue weighted by Gasteiger charge is -2.33. The van der Waals surface area contributed by atoms with E-state index in [4.69, 9.17) is 4.74 Å². The average molecular weight is 433 g/mol. The summed E-state index contributed by atoms with van der Waals surface area (Å²) < 4.78 is 57.2. The number of hydrogen-bond acceptors (Lipinski definition) is 5. The molecular weight excluding hydrogens is 408 g/mol. The first kappa shape index (κ1) is 23.2. The summed E-state index contributed by atoms with van der Waals surface area (Å²) in [5.41, 5.74) is 0.113. The van der Waals surface area contributed by atoms with E-state index in [0.717, 1.165) is 4.90 Å². The number of ether oxygens (including phenoxy) is 1. The molecule has 0 aromatic heterocycles. The van der Waals surface area contributed by atoms with Crippen molar-refractivity contribution in [2.45, 2.75) is 18.2 Å². The fraction of sp³-hybridized carbons (Fsp3) is 0.556. The Bertz CT molecular complexity index is 809. The summed E-state index contributed by atoms with van der Waals surface area (Å²) >= 11 is 0. The zero-order chi connectivity index (χ0) is 21.6. The summed E-state index contributed by atoms with van der Waals surface area (Å²) in [6.45, 7) is 1.80. The molecule has 8 nitrogen and oxygen atoms in total. The van der Waals surface area contributed by atoms with Crippen molar-refractivity contribution in [3.05, 3.63) is 29.8 Å². The van der Waals surface area contributed by atoms with Gasteiger partial charge in [-0.2, -0.15) is 4.31 Å². The summed E-state index contributed by atoms with van der Waals surface area (Å²) in [6, 6.07) is 5.20. The van der Waals surface area contributed by atoms with Crippen LogP contribution in [0.1, 0.15) is 17.3 Å². The van der Waals surface area contributed by atoms with Crippen LogP contribution in [0.4, 0.5) is 8.78 Å². The minimum Gasteiger partial charge on any atom is -0.383 e. The molecule has 1 aromatic carbocycles. The van der Waals surface area contributed by atoms with Gasteiger partial charge in [-0.1, -0.05) is 0 Å². The smallest absolute Gasteiger partial charge is 0.255 e. The molecule has 1 aliphatic heterocycles. The SMILES string of the molecule is COCCN(CC(F)F)C(=O)c1ccc(S(=O)(=O)N2CCN(C(C)=O)CC2)cc1. The van der Waals surface area contributed by atoms with Crippen molar-refractivity contribution in [1.82, 2.24) is 14.1 Å². The van der Waals surface area contributed by atoms with Crippen molar-refractivity contribution in [2.75, 3.05) is 53.0 Å². The molecule has 0 unspecified atom stereocenters. The van der Waals surface area contributed by atoms with Crippen molar-refractivity contribution in [2.24, 2.45) is 0 Å². The molecule has 1 saturated heterocycles. The van der Waals surface area contributed by atoms with E-state index >= 15 is 0 Å². The lowest BCUT2D eigenvalue weighted by molar-refractivity contribution is -0.129. The summed E-state index contributed by atoms with van der Waals surface area (Å²) in [7, 11) is -2.37. The molecule has 1 aliphatic rings. The monoisotopic (exact) mass is 433 g/mol. The number of alkyl halides is 2. The van der Waals surface area contributed by atoms with Crippen LogP contribution in [0.3, 0.4) is 0 Å². The topological polar surface area (TPSA) is 87.2 Å². The first-order valence-corrected chi connectivity index (χ1v) is 10.5. The molecule has 162 valence electrons. The summed E-state index contributed by atoms with van der Waals surface area (Å²) in [4.78, 5) is 26.4. The molecule has 2 rings (SSSR count). The van der Waals surface area contributed by atoms with Crippen LogP contribution >= 0.6 is 0 Å². The molecule has 0 bridgehead atoms. The van der Waals surface area contributed by atoms with Gasteiger partial charge in [0.2, 0.25) is 15.9 Å². The largest absolute Gasteiger partial charge is 0.383 e. The minimum atomic E-state index is -3.78. The molecule has 1 aromatic rings. The number of nitrogens with zero attached hydrogens (tertiary/aromatic N) is 3.